The molecule has 1 unspecified atom stereocenters. The van der Waals surface area contributed by atoms with E-state index in [-0.39, 0.29) is 23.1 Å². The number of ether oxygens (including phenoxy) is 2. The molecule has 0 aliphatic heterocycles. The van der Waals surface area contributed by atoms with E-state index in [0.717, 1.165) is 10.2 Å². The maximum atomic E-state index is 15.4. The molecule has 2 N–H and O–H groups in total. The number of methoxy groups -OCH3 is 2. The van der Waals surface area contributed by atoms with Gasteiger partial charge in [0.2, 0.25) is 11.7 Å². The molecule has 0 spiro atoms. The molecule has 0 aliphatic carbocycles. The van der Waals surface area contributed by atoms with Gasteiger partial charge < -0.3 is 19.3 Å². The number of benzene rings is 2. The van der Waals surface area contributed by atoms with Crippen LogP contribution < -0.4 is 20.5 Å². The van der Waals surface area contributed by atoms with Crippen molar-refractivity contribution in [2.45, 2.75) is 13.0 Å². The highest BCUT2D eigenvalue weighted by Gasteiger charge is 2.26. The van der Waals surface area contributed by atoms with Crippen molar-refractivity contribution in [3.63, 3.8) is 0 Å². The van der Waals surface area contributed by atoms with Crippen LogP contribution in [0.5, 0.6) is 11.5 Å². The minimum atomic E-state index is -0.935. The molecule has 0 bridgehead atoms. The maximum Gasteiger partial charge on any atom is 0.350 e. The molecule has 0 radical (unpaired) electrons. The molecule has 188 valence electrons. The van der Waals surface area contributed by atoms with Gasteiger partial charge in [0.1, 0.15) is 11.9 Å². The Morgan fingerprint density at radius 1 is 1.08 bits per heavy atom. The predicted molar refractivity (Wildman–Crippen MR) is 129 cm³/mol. The molecule has 0 saturated heterocycles. The summed E-state index contributed by atoms with van der Waals surface area (Å²) in [6.07, 6.45) is 2.97. The summed E-state index contributed by atoms with van der Waals surface area (Å²) >= 11 is 0. The molecule has 1 atom stereocenters. The van der Waals surface area contributed by atoms with Crippen LogP contribution in [0.2, 0.25) is 0 Å². The van der Waals surface area contributed by atoms with Gasteiger partial charge >= 0.3 is 5.69 Å². The molecule has 0 aliphatic rings. The predicted octanol–water partition coefficient (Wildman–Crippen LogP) is 3.07. The molecule has 0 saturated carbocycles. The minimum Gasteiger partial charge on any atom is -0.493 e. The summed E-state index contributed by atoms with van der Waals surface area (Å²) in [5.74, 6) is 1.02. The first-order chi connectivity index (χ1) is 18.0. The molecule has 5 aromatic rings. The van der Waals surface area contributed by atoms with Crippen molar-refractivity contribution in [1.82, 2.24) is 34.9 Å². The van der Waals surface area contributed by atoms with E-state index in [1.54, 1.807) is 37.3 Å². The normalized spacial score (nSPS) is 11.8. The molecule has 13 heteroatoms. The average molecular weight is 504 g/mol. The molecule has 12 nitrogen and oxygen atoms in total. The Kier molecular flexibility index (Phi) is 6.32. The zero-order chi connectivity index (χ0) is 25.9. The number of rotatable bonds is 8. The van der Waals surface area contributed by atoms with E-state index in [2.05, 4.69) is 35.5 Å². The summed E-state index contributed by atoms with van der Waals surface area (Å²) in [5, 5.41) is 11.5. The van der Waals surface area contributed by atoms with Crippen LogP contribution >= 0.6 is 0 Å². The lowest BCUT2D eigenvalue weighted by atomic mass is 10.0. The lowest BCUT2D eigenvalue weighted by Gasteiger charge is -2.20. The van der Waals surface area contributed by atoms with Crippen LogP contribution in [0.25, 0.3) is 17.3 Å². The fourth-order valence-electron chi connectivity index (χ4n) is 3.69. The minimum absolute atomic E-state index is 0.0706. The van der Waals surface area contributed by atoms with E-state index in [1.165, 1.54) is 38.7 Å². The van der Waals surface area contributed by atoms with Crippen molar-refractivity contribution in [1.29, 1.82) is 0 Å². The Bertz CT molecular complexity index is 1580. The highest BCUT2D eigenvalue weighted by Crippen LogP contribution is 2.35. The van der Waals surface area contributed by atoms with Gasteiger partial charge in [-0.1, -0.05) is 5.16 Å². The Hall–Kier alpha value is -5.07. The number of halogens is 1. The second kappa shape index (κ2) is 9.89. The van der Waals surface area contributed by atoms with Gasteiger partial charge in [-0.2, -0.15) is 4.98 Å². The third-order valence-corrected chi connectivity index (χ3v) is 5.45. The Labute approximate surface area is 209 Å². The first-order valence-electron chi connectivity index (χ1n) is 11.0. The SMILES string of the molecule is COc1cc(F)c(C(Nc2ccc(-c3noc(C)n3)cc2)c2nn(-c3ncccn3)c(=O)[nH]2)cc1OC. The van der Waals surface area contributed by atoms with Gasteiger partial charge in [-0.05, 0) is 36.4 Å². The monoisotopic (exact) mass is 504 g/mol. The van der Waals surface area contributed by atoms with Crippen molar-refractivity contribution in [3.8, 4) is 28.8 Å². The number of anilines is 1. The Morgan fingerprint density at radius 3 is 2.43 bits per heavy atom. The summed E-state index contributed by atoms with van der Waals surface area (Å²) in [6, 6.07) is 10.5. The van der Waals surface area contributed by atoms with Crippen LogP contribution in [-0.4, -0.2) is 49.1 Å². The Morgan fingerprint density at radius 2 is 1.78 bits per heavy atom. The smallest absolute Gasteiger partial charge is 0.350 e. The van der Waals surface area contributed by atoms with Gasteiger partial charge in [0.25, 0.3) is 5.95 Å². The molecule has 5 rings (SSSR count). The zero-order valence-corrected chi connectivity index (χ0v) is 20.0. The summed E-state index contributed by atoms with van der Waals surface area (Å²) < 4.78 is 32.0. The van der Waals surface area contributed by atoms with Gasteiger partial charge in [-0.15, -0.1) is 9.78 Å². The fourth-order valence-corrected chi connectivity index (χ4v) is 3.69. The number of aryl methyl sites for hydroxylation is 1. The molecule has 0 fully saturated rings. The highest BCUT2D eigenvalue weighted by molar-refractivity contribution is 5.60. The summed E-state index contributed by atoms with van der Waals surface area (Å²) in [7, 11) is 2.86. The summed E-state index contributed by atoms with van der Waals surface area (Å²) in [4.78, 5) is 27.7. The molecule has 37 heavy (non-hydrogen) atoms. The van der Waals surface area contributed by atoms with E-state index in [4.69, 9.17) is 14.0 Å². The molecule has 0 amide bonds. The summed E-state index contributed by atoms with van der Waals surface area (Å²) in [5.41, 5.74) is 0.909. The number of hydrogen-bond acceptors (Lipinski definition) is 10. The second-order valence-corrected chi connectivity index (χ2v) is 7.80. The number of nitrogens with one attached hydrogen (secondary N) is 2. The van der Waals surface area contributed by atoms with Crippen LogP contribution in [0.1, 0.15) is 23.3 Å². The number of hydrogen-bond donors (Lipinski definition) is 2. The van der Waals surface area contributed by atoms with E-state index >= 15 is 4.39 Å². The van der Waals surface area contributed by atoms with E-state index < -0.39 is 17.5 Å². The molecule has 3 heterocycles. The van der Waals surface area contributed by atoms with Crippen molar-refractivity contribution in [3.05, 3.63) is 88.4 Å². The fraction of sp³-hybridized carbons (Fsp3) is 0.167. The van der Waals surface area contributed by atoms with Crippen LogP contribution in [0.4, 0.5) is 10.1 Å². The van der Waals surface area contributed by atoms with E-state index in [1.807, 2.05) is 0 Å². The van der Waals surface area contributed by atoms with Gasteiger partial charge in [-0.3, -0.25) is 4.98 Å². The maximum absolute atomic E-state index is 15.4. The van der Waals surface area contributed by atoms with E-state index in [9.17, 15) is 4.79 Å². The average Bonchev–Trinajstić information content (AvgIpc) is 3.53. The third kappa shape index (κ3) is 4.74. The van der Waals surface area contributed by atoms with Crippen LogP contribution in [-0.2, 0) is 0 Å². The van der Waals surface area contributed by atoms with Crippen LogP contribution in [0.3, 0.4) is 0 Å². The van der Waals surface area contributed by atoms with Crippen molar-refractivity contribution < 1.29 is 18.4 Å². The van der Waals surface area contributed by atoms with E-state index in [0.29, 0.717) is 23.2 Å². The Balaban J connectivity index is 1.57. The first kappa shape index (κ1) is 23.7. The van der Waals surface area contributed by atoms with Gasteiger partial charge in [-0.25, -0.2) is 19.2 Å². The lowest BCUT2D eigenvalue weighted by molar-refractivity contribution is 0.351. The third-order valence-electron chi connectivity index (χ3n) is 5.45. The molecular weight excluding hydrogens is 483 g/mol. The van der Waals surface area contributed by atoms with Crippen molar-refractivity contribution in [2.75, 3.05) is 19.5 Å². The number of H-pyrrole nitrogens is 1. The second-order valence-electron chi connectivity index (χ2n) is 7.80. The zero-order valence-electron chi connectivity index (χ0n) is 20.0. The quantitative estimate of drug-likeness (QED) is 0.323. The van der Waals surface area contributed by atoms with Crippen LogP contribution in [0, 0.1) is 12.7 Å². The van der Waals surface area contributed by atoms with Crippen LogP contribution in [0.15, 0.2) is 64.2 Å². The van der Waals surface area contributed by atoms with Gasteiger partial charge in [0, 0.05) is 42.2 Å². The number of aromatic nitrogens is 7. The number of nitrogens with zero attached hydrogens (tertiary/aromatic N) is 6. The van der Waals surface area contributed by atoms with Crippen molar-refractivity contribution >= 4 is 5.69 Å². The highest BCUT2D eigenvalue weighted by atomic mass is 19.1. The van der Waals surface area contributed by atoms with Crippen molar-refractivity contribution in [2.24, 2.45) is 0 Å². The topological polar surface area (TPSA) is 146 Å². The number of aromatic amines is 1. The lowest BCUT2D eigenvalue weighted by Crippen LogP contribution is -2.18. The molecule has 2 aromatic carbocycles. The molecule has 3 aromatic heterocycles. The van der Waals surface area contributed by atoms with Gasteiger partial charge in [0.05, 0.1) is 14.2 Å². The molecular formula is C24H21FN8O4. The standard InChI is InChI=1S/C24H21FN8O4/c1-13-28-21(32-37-13)14-5-7-15(8-6-14)29-20(16-11-18(35-2)19(36-3)12-17(16)25)22-30-24(34)33(31-22)23-26-9-4-10-27-23/h4-12,20,29H,1-3H3,(H,30,31,34). The van der Waals surface area contributed by atoms with Gasteiger partial charge in [0.15, 0.2) is 17.3 Å². The summed E-state index contributed by atoms with van der Waals surface area (Å²) in [6.45, 7) is 1.70. The first-order valence-corrected chi connectivity index (χ1v) is 11.0. The largest absolute Gasteiger partial charge is 0.493 e.